The molecule has 0 unspecified atom stereocenters. The van der Waals surface area contributed by atoms with Crippen molar-refractivity contribution in [3.8, 4) is 0 Å². The summed E-state index contributed by atoms with van der Waals surface area (Å²) >= 11 is 0. The van der Waals surface area contributed by atoms with Crippen LogP contribution in [-0.2, 0) is 24.3 Å². The monoisotopic (exact) mass is 382 g/mol. The van der Waals surface area contributed by atoms with Crippen LogP contribution in [0.1, 0.15) is 33.1 Å². The second-order valence-corrected chi connectivity index (χ2v) is 8.37. The van der Waals surface area contributed by atoms with Crippen molar-refractivity contribution in [2.75, 3.05) is 19.6 Å². The van der Waals surface area contributed by atoms with Gasteiger partial charge in [-0.15, -0.1) is 0 Å². The van der Waals surface area contributed by atoms with Crippen LogP contribution < -0.4 is 4.72 Å². The van der Waals surface area contributed by atoms with Crippen LogP contribution >= 0.6 is 0 Å². The number of likely N-dealkylation sites (tertiary alicyclic amines) is 1. The molecule has 1 aliphatic heterocycles. The number of carbonyl (C=O) groups is 2. The minimum absolute atomic E-state index is 0.0851. The third kappa shape index (κ3) is 5.81. The Morgan fingerprint density at radius 1 is 1.23 bits per heavy atom. The van der Waals surface area contributed by atoms with E-state index >= 15 is 0 Å². The van der Waals surface area contributed by atoms with Gasteiger partial charge in [0.1, 0.15) is 0 Å². The van der Waals surface area contributed by atoms with Crippen molar-refractivity contribution >= 4 is 21.9 Å². The summed E-state index contributed by atoms with van der Waals surface area (Å²) in [5.74, 6) is -0.198. The number of nitrogens with zero attached hydrogens (tertiary/aromatic N) is 1. The van der Waals surface area contributed by atoms with Gasteiger partial charge in [0.15, 0.2) is 6.10 Å². The number of amides is 1. The van der Waals surface area contributed by atoms with Gasteiger partial charge >= 0.3 is 5.97 Å². The number of hydrogen-bond donors (Lipinski definition) is 1. The number of esters is 1. The molecule has 1 aromatic carbocycles. The van der Waals surface area contributed by atoms with Crippen molar-refractivity contribution in [3.05, 3.63) is 30.3 Å². The van der Waals surface area contributed by atoms with Gasteiger partial charge in [0.05, 0.1) is 11.3 Å². The molecule has 1 amide bonds. The normalized spacial score (nSPS) is 16.9. The first-order valence-electron chi connectivity index (χ1n) is 8.82. The fourth-order valence-electron chi connectivity index (χ4n) is 2.76. The van der Waals surface area contributed by atoms with E-state index in [-0.39, 0.29) is 23.8 Å². The average molecular weight is 382 g/mol. The molecule has 7 nitrogen and oxygen atoms in total. The van der Waals surface area contributed by atoms with E-state index in [0.717, 1.165) is 12.8 Å². The molecule has 8 heteroatoms. The number of rotatable bonds is 7. The Morgan fingerprint density at radius 3 is 2.46 bits per heavy atom. The van der Waals surface area contributed by atoms with Crippen LogP contribution in [0.5, 0.6) is 0 Å². The summed E-state index contributed by atoms with van der Waals surface area (Å²) in [6, 6.07) is 7.91. The lowest BCUT2D eigenvalue weighted by atomic mass is 9.99. The van der Waals surface area contributed by atoms with Gasteiger partial charge in [-0.2, -0.15) is 0 Å². The number of sulfonamides is 1. The minimum Gasteiger partial charge on any atom is -0.452 e. The first-order chi connectivity index (χ1) is 12.3. The van der Waals surface area contributed by atoms with Crippen LogP contribution in [0.4, 0.5) is 0 Å². The summed E-state index contributed by atoms with van der Waals surface area (Å²) in [5.41, 5.74) is 0. The van der Waals surface area contributed by atoms with Gasteiger partial charge in [-0.05, 0) is 37.8 Å². The van der Waals surface area contributed by atoms with E-state index < -0.39 is 22.1 Å². The largest absolute Gasteiger partial charge is 0.452 e. The van der Waals surface area contributed by atoms with Crippen LogP contribution in [0, 0.1) is 5.92 Å². The molecule has 0 aromatic heterocycles. The molecule has 0 spiro atoms. The van der Waals surface area contributed by atoms with E-state index in [1.165, 1.54) is 12.1 Å². The highest BCUT2D eigenvalue weighted by Gasteiger charge is 2.26. The highest BCUT2D eigenvalue weighted by molar-refractivity contribution is 7.89. The first kappa shape index (κ1) is 20.4. The smallest absolute Gasteiger partial charge is 0.307 e. The van der Waals surface area contributed by atoms with Crippen LogP contribution in [-0.4, -0.2) is 50.9 Å². The highest BCUT2D eigenvalue weighted by Crippen LogP contribution is 2.17. The predicted molar refractivity (Wildman–Crippen MR) is 96.8 cm³/mol. The molecule has 0 bridgehead atoms. The molecular formula is C18H26N2O5S. The van der Waals surface area contributed by atoms with E-state index in [1.807, 2.05) is 0 Å². The average Bonchev–Trinajstić information content (AvgIpc) is 2.62. The Labute approximate surface area is 154 Å². The van der Waals surface area contributed by atoms with Crippen molar-refractivity contribution in [2.45, 2.75) is 44.1 Å². The highest BCUT2D eigenvalue weighted by atomic mass is 32.2. The molecule has 1 aromatic rings. The molecule has 144 valence electrons. The summed E-state index contributed by atoms with van der Waals surface area (Å²) in [4.78, 5) is 26.0. The Kier molecular flexibility index (Phi) is 7.16. The van der Waals surface area contributed by atoms with Crippen molar-refractivity contribution in [2.24, 2.45) is 5.92 Å². The minimum atomic E-state index is -3.66. The van der Waals surface area contributed by atoms with Crippen molar-refractivity contribution in [1.29, 1.82) is 0 Å². The van der Waals surface area contributed by atoms with E-state index in [2.05, 4.69) is 11.6 Å². The molecule has 1 saturated heterocycles. The van der Waals surface area contributed by atoms with E-state index in [4.69, 9.17) is 4.74 Å². The topological polar surface area (TPSA) is 92.8 Å². The van der Waals surface area contributed by atoms with Gasteiger partial charge in [-0.1, -0.05) is 25.1 Å². The number of ether oxygens (including phenoxy) is 1. The zero-order valence-electron chi connectivity index (χ0n) is 15.2. The predicted octanol–water partition coefficient (Wildman–Crippen LogP) is 1.55. The van der Waals surface area contributed by atoms with Gasteiger partial charge in [0.2, 0.25) is 10.0 Å². The molecule has 2 rings (SSSR count). The van der Waals surface area contributed by atoms with E-state index in [0.29, 0.717) is 19.0 Å². The summed E-state index contributed by atoms with van der Waals surface area (Å²) in [6.45, 7) is 4.98. The number of benzene rings is 1. The van der Waals surface area contributed by atoms with Crippen molar-refractivity contribution in [3.63, 3.8) is 0 Å². The number of carbonyl (C=O) groups excluding carboxylic acids is 2. The lowest BCUT2D eigenvalue weighted by Gasteiger charge is -2.31. The quantitative estimate of drug-likeness (QED) is 0.722. The number of piperidine rings is 1. The lowest BCUT2D eigenvalue weighted by Crippen LogP contribution is -2.44. The van der Waals surface area contributed by atoms with Crippen LogP contribution in [0.2, 0.25) is 0 Å². The van der Waals surface area contributed by atoms with Crippen LogP contribution in [0.15, 0.2) is 35.2 Å². The maximum atomic E-state index is 12.3. The molecule has 1 fully saturated rings. The first-order valence-corrected chi connectivity index (χ1v) is 10.3. The third-order valence-electron chi connectivity index (χ3n) is 4.43. The SMILES string of the molecule is CC1CCN(C(=O)[C@H](C)OC(=O)CCNS(=O)(=O)c2ccccc2)CC1. The standard InChI is InChI=1S/C18H26N2O5S/c1-14-9-12-20(13-10-14)18(22)15(2)25-17(21)8-11-19-26(23,24)16-6-4-3-5-7-16/h3-7,14-15,19H,8-13H2,1-2H3/t15-/m0/s1. The molecule has 1 heterocycles. The molecule has 1 aliphatic rings. The molecular weight excluding hydrogens is 356 g/mol. The van der Waals surface area contributed by atoms with Gasteiger partial charge in [-0.3, -0.25) is 9.59 Å². The van der Waals surface area contributed by atoms with Crippen molar-refractivity contribution in [1.82, 2.24) is 9.62 Å². The molecule has 1 atom stereocenters. The molecule has 26 heavy (non-hydrogen) atoms. The van der Waals surface area contributed by atoms with Gasteiger partial charge in [0.25, 0.3) is 5.91 Å². The summed E-state index contributed by atoms with van der Waals surface area (Å²) in [7, 11) is -3.66. The molecule has 0 radical (unpaired) electrons. The van der Waals surface area contributed by atoms with Crippen LogP contribution in [0.25, 0.3) is 0 Å². The number of nitrogens with one attached hydrogen (secondary N) is 1. The summed E-state index contributed by atoms with van der Waals surface area (Å²) < 4.78 is 31.6. The Balaban J connectivity index is 1.75. The second kappa shape index (κ2) is 9.14. The van der Waals surface area contributed by atoms with E-state index in [1.54, 1.807) is 30.0 Å². The van der Waals surface area contributed by atoms with Gasteiger partial charge < -0.3 is 9.64 Å². The second-order valence-electron chi connectivity index (χ2n) is 6.60. The van der Waals surface area contributed by atoms with Gasteiger partial charge in [0, 0.05) is 19.6 Å². The Bertz CT molecular complexity index is 712. The maximum absolute atomic E-state index is 12.3. The molecule has 0 aliphatic carbocycles. The van der Waals surface area contributed by atoms with E-state index in [9.17, 15) is 18.0 Å². The Morgan fingerprint density at radius 2 is 1.85 bits per heavy atom. The van der Waals surface area contributed by atoms with Gasteiger partial charge in [-0.25, -0.2) is 13.1 Å². The molecule has 0 saturated carbocycles. The summed E-state index contributed by atoms with van der Waals surface area (Å²) in [6.07, 6.45) is 0.906. The zero-order chi connectivity index (χ0) is 19.2. The third-order valence-corrected chi connectivity index (χ3v) is 5.90. The Hall–Kier alpha value is -1.93. The van der Waals surface area contributed by atoms with Crippen LogP contribution in [0.3, 0.4) is 0 Å². The molecule has 1 N–H and O–H groups in total. The maximum Gasteiger partial charge on any atom is 0.307 e. The fraction of sp³-hybridized carbons (Fsp3) is 0.556. The van der Waals surface area contributed by atoms with Crippen molar-refractivity contribution < 1.29 is 22.7 Å². The number of hydrogen-bond acceptors (Lipinski definition) is 5. The lowest BCUT2D eigenvalue weighted by molar-refractivity contribution is -0.159. The fourth-order valence-corrected chi connectivity index (χ4v) is 3.82. The summed E-state index contributed by atoms with van der Waals surface area (Å²) in [5, 5.41) is 0. The zero-order valence-corrected chi connectivity index (χ0v) is 16.0.